The zero-order valence-corrected chi connectivity index (χ0v) is 12.3. The Morgan fingerprint density at radius 1 is 1.30 bits per heavy atom. The number of nitrogens with one attached hydrogen (secondary N) is 2. The van der Waals surface area contributed by atoms with Crippen molar-refractivity contribution >= 4 is 17.3 Å². The second-order valence-electron chi connectivity index (χ2n) is 5.50. The van der Waals surface area contributed by atoms with Gasteiger partial charge in [0.2, 0.25) is 0 Å². The normalized spacial score (nSPS) is 20.7. The standard InChI is InChI=1S/C16H23N3O/c1-12-7-9-14(10-8-12)17-11-16(20)19-18-15-6-4-3-5-13(15)2/h7-10,13,17H,3-6,11H2,1-2H3,(H,19,20)/b18-15-/t13-/m0/s1. The summed E-state index contributed by atoms with van der Waals surface area (Å²) in [5.41, 5.74) is 5.93. The first-order valence-corrected chi connectivity index (χ1v) is 7.31. The number of anilines is 1. The summed E-state index contributed by atoms with van der Waals surface area (Å²) < 4.78 is 0. The molecule has 2 N–H and O–H groups in total. The predicted molar refractivity (Wildman–Crippen MR) is 82.9 cm³/mol. The van der Waals surface area contributed by atoms with Crippen molar-refractivity contribution in [2.75, 3.05) is 11.9 Å². The molecule has 0 bridgehead atoms. The topological polar surface area (TPSA) is 53.5 Å². The fraction of sp³-hybridized carbons (Fsp3) is 0.500. The molecule has 0 unspecified atom stereocenters. The average molecular weight is 273 g/mol. The summed E-state index contributed by atoms with van der Waals surface area (Å²) in [6.07, 6.45) is 4.63. The number of carbonyl (C=O) groups excluding carboxylic acids is 1. The van der Waals surface area contributed by atoms with Crippen molar-refractivity contribution in [3.05, 3.63) is 29.8 Å². The van der Waals surface area contributed by atoms with Crippen LogP contribution in [0, 0.1) is 12.8 Å². The highest BCUT2D eigenvalue weighted by Crippen LogP contribution is 2.20. The summed E-state index contributed by atoms with van der Waals surface area (Å²) in [5.74, 6) is 0.393. The Bertz CT molecular complexity index is 479. The quantitative estimate of drug-likeness (QED) is 0.828. The molecule has 0 spiro atoms. The highest BCUT2D eigenvalue weighted by atomic mass is 16.2. The van der Waals surface area contributed by atoms with E-state index >= 15 is 0 Å². The lowest BCUT2D eigenvalue weighted by Crippen LogP contribution is -2.28. The number of hydrazone groups is 1. The number of rotatable bonds is 4. The van der Waals surface area contributed by atoms with E-state index in [4.69, 9.17) is 0 Å². The van der Waals surface area contributed by atoms with Gasteiger partial charge in [0.25, 0.3) is 5.91 Å². The minimum absolute atomic E-state index is 0.101. The van der Waals surface area contributed by atoms with Crippen molar-refractivity contribution < 1.29 is 4.79 Å². The average Bonchev–Trinajstić information content (AvgIpc) is 2.46. The highest BCUT2D eigenvalue weighted by molar-refractivity contribution is 5.89. The number of carbonyl (C=O) groups is 1. The summed E-state index contributed by atoms with van der Waals surface area (Å²) in [6.45, 7) is 4.46. The molecule has 1 aliphatic rings. The molecule has 4 heteroatoms. The van der Waals surface area contributed by atoms with Crippen LogP contribution in [-0.2, 0) is 4.79 Å². The molecule has 1 atom stereocenters. The van der Waals surface area contributed by atoms with Gasteiger partial charge in [0, 0.05) is 11.4 Å². The zero-order valence-electron chi connectivity index (χ0n) is 12.3. The third-order valence-corrected chi connectivity index (χ3v) is 3.72. The predicted octanol–water partition coefficient (Wildman–Crippen LogP) is 3.09. The number of nitrogens with zero attached hydrogens (tertiary/aromatic N) is 1. The van der Waals surface area contributed by atoms with Crippen molar-refractivity contribution in [2.24, 2.45) is 11.0 Å². The number of hydrogen-bond donors (Lipinski definition) is 2. The third-order valence-electron chi connectivity index (χ3n) is 3.72. The molecular formula is C16H23N3O. The number of benzene rings is 1. The van der Waals surface area contributed by atoms with Crippen molar-refractivity contribution in [3.8, 4) is 0 Å². The smallest absolute Gasteiger partial charge is 0.259 e. The van der Waals surface area contributed by atoms with Gasteiger partial charge in [0.15, 0.2) is 0 Å². The Labute approximate surface area is 120 Å². The second kappa shape index (κ2) is 7.08. The Hall–Kier alpha value is -1.84. The molecule has 0 aromatic heterocycles. The molecule has 1 aromatic carbocycles. The lowest BCUT2D eigenvalue weighted by Gasteiger charge is -2.19. The van der Waals surface area contributed by atoms with Crippen LogP contribution < -0.4 is 10.7 Å². The number of aryl methyl sites for hydroxylation is 1. The van der Waals surface area contributed by atoms with Crippen molar-refractivity contribution in [2.45, 2.75) is 39.5 Å². The van der Waals surface area contributed by atoms with Gasteiger partial charge in [-0.05, 0) is 44.2 Å². The zero-order chi connectivity index (χ0) is 14.4. The molecule has 2 rings (SSSR count). The molecule has 0 radical (unpaired) electrons. The molecule has 0 aliphatic heterocycles. The summed E-state index contributed by atoms with van der Waals surface area (Å²) >= 11 is 0. The van der Waals surface area contributed by atoms with Gasteiger partial charge in [-0.1, -0.05) is 31.0 Å². The number of amides is 1. The van der Waals surface area contributed by atoms with E-state index < -0.39 is 0 Å². The first-order chi connectivity index (χ1) is 9.65. The Balaban J connectivity index is 1.77. The van der Waals surface area contributed by atoms with Crippen LogP contribution in [-0.4, -0.2) is 18.2 Å². The summed E-state index contributed by atoms with van der Waals surface area (Å²) in [4.78, 5) is 11.8. The van der Waals surface area contributed by atoms with Crippen LogP contribution in [0.15, 0.2) is 29.4 Å². The molecule has 1 fully saturated rings. The van der Waals surface area contributed by atoms with Crippen LogP contribution in [0.1, 0.15) is 38.2 Å². The molecule has 0 heterocycles. The van der Waals surface area contributed by atoms with Crippen molar-refractivity contribution in [3.63, 3.8) is 0 Å². The fourth-order valence-corrected chi connectivity index (χ4v) is 2.36. The maximum absolute atomic E-state index is 11.8. The van der Waals surface area contributed by atoms with Crippen molar-refractivity contribution in [1.29, 1.82) is 0 Å². The molecule has 4 nitrogen and oxygen atoms in total. The molecule has 1 saturated carbocycles. The fourth-order valence-electron chi connectivity index (χ4n) is 2.36. The van der Waals surface area contributed by atoms with Crippen LogP contribution >= 0.6 is 0 Å². The van der Waals surface area contributed by atoms with Gasteiger partial charge < -0.3 is 5.32 Å². The SMILES string of the molecule is Cc1ccc(NCC(=O)N/N=C2/CCCC[C@@H]2C)cc1. The van der Waals surface area contributed by atoms with Crippen LogP contribution in [0.2, 0.25) is 0 Å². The van der Waals surface area contributed by atoms with Crippen LogP contribution in [0.25, 0.3) is 0 Å². The first-order valence-electron chi connectivity index (χ1n) is 7.31. The van der Waals surface area contributed by atoms with E-state index in [0.29, 0.717) is 5.92 Å². The minimum Gasteiger partial charge on any atom is -0.376 e. The Kier molecular flexibility index (Phi) is 5.16. The van der Waals surface area contributed by atoms with E-state index in [2.05, 4.69) is 22.8 Å². The Morgan fingerprint density at radius 3 is 2.75 bits per heavy atom. The summed E-state index contributed by atoms with van der Waals surface area (Å²) in [6, 6.07) is 7.98. The third kappa shape index (κ3) is 4.37. The molecule has 1 amide bonds. The van der Waals surface area contributed by atoms with E-state index in [1.165, 1.54) is 24.8 Å². The summed E-state index contributed by atoms with van der Waals surface area (Å²) in [5, 5.41) is 7.36. The monoisotopic (exact) mass is 273 g/mol. The van der Waals surface area contributed by atoms with E-state index in [9.17, 15) is 4.79 Å². The lowest BCUT2D eigenvalue weighted by molar-refractivity contribution is -0.119. The van der Waals surface area contributed by atoms with Crippen LogP contribution in [0.3, 0.4) is 0 Å². The Morgan fingerprint density at radius 2 is 2.05 bits per heavy atom. The first kappa shape index (κ1) is 14.6. The summed E-state index contributed by atoms with van der Waals surface area (Å²) in [7, 11) is 0. The van der Waals surface area contributed by atoms with Crippen LogP contribution in [0.4, 0.5) is 5.69 Å². The van der Waals surface area contributed by atoms with Crippen molar-refractivity contribution in [1.82, 2.24) is 5.43 Å². The molecule has 1 aliphatic carbocycles. The molecular weight excluding hydrogens is 250 g/mol. The van der Waals surface area contributed by atoms with Gasteiger partial charge in [-0.3, -0.25) is 4.79 Å². The minimum atomic E-state index is -0.101. The second-order valence-corrected chi connectivity index (χ2v) is 5.50. The maximum Gasteiger partial charge on any atom is 0.259 e. The highest BCUT2D eigenvalue weighted by Gasteiger charge is 2.15. The van der Waals surface area contributed by atoms with E-state index in [-0.39, 0.29) is 12.5 Å². The van der Waals surface area contributed by atoms with E-state index in [1.54, 1.807) is 0 Å². The van der Waals surface area contributed by atoms with Gasteiger partial charge in [-0.2, -0.15) is 5.10 Å². The van der Waals surface area contributed by atoms with E-state index in [1.807, 2.05) is 31.2 Å². The molecule has 20 heavy (non-hydrogen) atoms. The van der Waals surface area contributed by atoms with Gasteiger partial charge >= 0.3 is 0 Å². The van der Waals surface area contributed by atoms with E-state index in [0.717, 1.165) is 17.8 Å². The van der Waals surface area contributed by atoms with Gasteiger partial charge in [0.1, 0.15) is 0 Å². The lowest BCUT2D eigenvalue weighted by atomic mass is 9.89. The van der Waals surface area contributed by atoms with Gasteiger partial charge in [-0.25, -0.2) is 5.43 Å². The molecule has 1 aromatic rings. The van der Waals surface area contributed by atoms with Gasteiger partial charge in [-0.15, -0.1) is 0 Å². The largest absolute Gasteiger partial charge is 0.376 e. The molecule has 108 valence electrons. The number of hydrogen-bond acceptors (Lipinski definition) is 3. The van der Waals surface area contributed by atoms with Gasteiger partial charge in [0.05, 0.1) is 6.54 Å². The molecule has 0 saturated heterocycles. The maximum atomic E-state index is 11.8. The van der Waals surface area contributed by atoms with Crippen LogP contribution in [0.5, 0.6) is 0 Å².